The number of carbonyl (C=O) groups excluding carboxylic acids is 1. The van der Waals surface area contributed by atoms with Crippen LogP contribution in [-0.2, 0) is 10.5 Å². The van der Waals surface area contributed by atoms with E-state index in [1.807, 2.05) is 24.3 Å². The van der Waals surface area contributed by atoms with Gasteiger partial charge in [-0.2, -0.15) is 4.98 Å². The van der Waals surface area contributed by atoms with Gasteiger partial charge < -0.3 is 0 Å². The summed E-state index contributed by atoms with van der Waals surface area (Å²) in [5.41, 5.74) is 1.15. The van der Waals surface area contributed by atoms with Crippen LogP contribution in [0.2, 0.25) is 5.02 Å². The van der Waals surface area contributed by atoms with Crippen molar-refractivity contribution in [1.29, 1.82) is 0 Å². The number of nitrogens with one attached hydrogen (secondary N) is 2. The fraction of sp³-hybridized carbons (Fsp3) is 0.400. The zero-order valence-electron chi connectivity index (χ0n) is 12.0. The molecule has 1 amide bonds. The standard InChI is InChI=1S/C15H17ClN4OS/c16-12-7-5-10(6-8-12)9-22-15-18-14(19-20-15)17-13(21)11-3-1-2-4-11/h5-8,11H,1-4,9H2,(H2,17,18,19,20,21). The van der Waals surface area contributed by atoms with Gasteiger partial charge in [0.2, 0.25) is 17.0 Å². The molecule has 1 heterocycles. The zero-order chi connectivity index (χ0) is 15.4. The summed E-state index contributed by atoms with van der Waals surface area (Å²) in [6.45, 7) is 0. The fourth-order valence-corrected chi connectivity index (χ4v) is 3.38. The molecule has 1 aromatic heterocycles. The first-order valence-corrected chi connectivity index (χ1v) is 8.67. The minimum absolute atomic E-state index is 0.0444. The monoisotopic (exact) mass is 336 g/mol. The summed E-state index contributed by atoms with van der Waals surface area (Å²) in [5.74, 6) is 1.35. The third kappa shape index (κ3) is 4.01. The van der Waals surface area contributed by atoms with Gasteiger partial charge in [0.05, 0.1) is 0 Å². The molecule has 0 aliphatic heterocycles. The van der Waals surface area contributed by atoms with Gasteiger partial charge in [-0.3, -0.25) is 10.1 Å². The van der Waals surface area contributed by atoms with Gasteiger partial charge in [0.25, 0.3) is 0 Å². The van der Waals surface area contributed by atoms with E-state index in [-0.39, 0.29) is 11.8 Å². The maximum absolute atomic E-state index is 12.0. The molecule has 1 fully saturated rings. The summed E-state index contributed by atoms with van der Waals surface area (Å²) < 4.78 is 0. The molecule has 2 N–H and O–H groups in total. The lowest BCUT2D eigenvalue weighted by atomic mass is 10.1. The molecule has 7 heteroatoms. The number of rotatable bonds is 5. The third-order valence-electron chi connectivity index (χ3n) is 3.71. The number of halogens is 1. The summed E-state index contributed by atoms with van der Waals surface area (Å²) >= 11 is 7.37. The average molecular weight is 337 g/mol. The Morgan fingerprint density at radius 3 is 2.77 bits per heavy atom. The number of H-pyrrole nitrogens is 1. The molecule has 116 valence electrons. The van der Waals surface area contributed by atoms with E-state index in [2.05, 4.69) is 20.5 Å². The SMILES string of the molecule is O=C(Nc1nc(SCc2ccc(Cl)cc2)n[nH]1)C1CCCC1. The largest absolute Gasteiger partial charge is 0.295 e. The van der Waals surface area contributed by atoms with E-state index < -0.39 is 0 Å². The molecule has 0 spiro atoms. The lowest BCUT2D eigenvalue weighted by molar-refractivity contribution is -0.119. The summed E-state index contributed by atoms with van der Waals surface area (Å²) in [5, 5.41) is 11.0. The van der Waals surface area contributed by atoms with E-state index in [0.29, 0.717) is 11.1 Å². The molecule has 0 bridgehead atoms. The van der Waals surface area contributed by atoms with E-state index in [0.717, 1.165) is 42.0 Å². The molecule has 1 aliphatic rings. The second kappa shape index (κ2) is 7.15. The van der Waals surface area contributed by atoms with Crippen molar-refractivity contribution in [2.75, 3.05) is 5.32 Å². The highest BCUT2D eigenvalue weighted by molar-refractivity contribution is 7.98. The minimum Gasteiger partial charge on any atom is -0.295 e. The van der Waals surface area contributed by atoms with Crippen LogP contribution in [0.4, 0.5) is 5.95 Å². The Hall–Kier alpha value is -1.53. The summed E-state index contributed by atoms with van der Waals surface area (Å²) in [4.78, 5) is 16.3. The Balaban J connectivity index is 1.52. The van der Waals surface area contributed by atoms with Gasteiger partial charge in [0.1, 0.15) is 0 Å². The van der Waals surface area contributed by atoms with E-state index >= 15 is 0 Å². The number of hydrogen-bond acceptors (Lipinski definition) is 4. The molecule has 22 heavy (non-hydrogen) atoms. The maximum atomic E-state index is 12.0. The first kappa shape index (κ1) is 15.4. The molecule has 2 aromatic rings. The van der Waals surface area contributed by atoms with Crippen molar-refractivity contribution >= 4 is 35.2 Å². The van der Waals surface area contributed by atoms with Crippen LogP contribution < -0.4 is 5.32 Å². The van der Waals surface area contributed by atoms with Crippen molar-refractivity contribution in [2.24, 2.45) is 5.92 Å². The van der Waals surface area contributed by atoms with Crippen molar-refractivity contribution in [1.82, 2.24) is 15.2 Å². The maximum Gasteiger partial charge on any atom is 0.229 e. The number of benzene rings is 1. The summed E-state index contributed by atoms with van der Waals surface area (Å²) in [6, 6.07) is 7.68. The number of thioether (sulfide) groups is 1. The van der Waals surface area contributed by atoms with Crippen molar-refractivity contribution in [3.63, 3.8) is 0 Å². The summed E-state index contributed by atoms with van der Waals surface area (Å²) in [7, 11) is 0. The smallest absolute Gasteiger partial charge is 0.229 e. The molecule has 3 rings (SSSR count). The van der Waals surface area contributed by atoms with Crippen molar-refractivity contribution in [2.45, 2.75) is 36.6 Å². The molecule has 1 aromatic carbocycles. The second-order valence-corrected chi connectivity index (χ2v) is 6.73. The van der Waals surface area contributed by atoms with Gasteiger partial charge in [-0.15, -0.1) is 5.10 Å². The third-order valence-corrected chi connectivity index (χ3v) is 4.88. The Kier molecular flexibility index (Phi) is 5.00. The predicted molar refractivity (Wildman–Crippen MR) is 88.0 cm³/mol. The number of anilines is 1. The number of hydrogen-bond donors (Lipinski definition) is 2. The van der Waals surface area contributed by atoms with Gasteiger partial charge >= 0.3 is 0 Å². The van der Waals surface area contributed by atoms with Crippen molar-refractivity contribution in [3.8, 4) is 0 Å². The molecule has 1 aliphatic carbocycles. The zero-order valence-corrected chi connectivity index (χ0v) is 13.6. The highest BCUT2D eigenvalue weighted by Gasteiger charge is 2.23. The van der Waals surface area contributed by atoms with Crippen LogP contribution in [0, 0.1) is 5.92 Å². The number of carbonyl (C=O) groups is 1. The predicted octanol–water partition coefficient (Wildman–Crippen LogP) is 3.88. The van der Waals surface area contributed by atoms with Crippen molar-refractivity contribution in [3.05, 3.63) is 34.9 Å². The Bertz CT molecular complexity index is 637. The second-order valence-electron chi connectivity index (χ2n) is 5.35. The highest BCUT2D eigenvalue weighted by atomic mass is 35.5. The molecule has 0 unspecified atom stereocenters. The van der Waals surface area contributed by atoms with Crippen LogP contribution >= 0.6 is 23.4 Å². The van der Waals surface area contributed by atoms with Crippen LogP contribution in [0.1, 0.15) is 31.2 Å². The Labute approximate surface area is 138 Å². The fourth-order valence-electron chi connectivity index (χ4n) is 2.50. The van der Waals surface area contributed by atoms with Gasteiger partial charge in [-0.05, 0) is 30.5 Å². The quantitative estimate of drug-likeness (QED) is 0.813. The molecular weight excluding hydrogens is 320 g/mol. The molecule has 0 saturated heterocycles. The van der Waals surface area contributed by atoms with E-state index in [4.69, 9.17) is 11.6 Å². The van der Waals surface area contributed by atoms with E-state index in [1.54, 1.807) is 0 Å². The van der Waals surface area contributed by atoms with E-state index in [9.17, 15) is 4.79 Å². The average Bonchev–Trinajstić information content (AvgIpc) is 3.18. The van der Waals surface area contributed by atoms with Gasteiger partial charge in [-0.1, -0.05) is 48.3 Å². The molecule has 1 saturated carbocycles. The number of aromatic nitrogens is 3. The van der Waals surface area contributed by atoms with Gasteiger partial charge in [0, 0.05) is 16.7 Å². The van der Waals surface area contributed by atoms with Gasteiger partial charge in [-0.25, -0.2) is 5.10 Å². The lowest BCUT2D eigenvalue weighted by Gasteiger charge is -2.06. The molecular formula is C15H17ClN4OS. The first-order valence-electron chi connectivity index (χ1n) is 7.31. The normalized spacial score (nSPS) is 15.1. The molecule has 0 radical (unpaired) electrons. The molecule has 0 atom stereocenters. The number of aromatic amines is 1. The Morgan fingerprint density at radius 2 is 2.05 bits per heavy atom. The van der Waals surface area contributed by atoms with Gasteiger partial charge in [0.15, 0.2) is 0 Å². The first-order chi connectivity index (χ1) is 10.7. The minimum atomic E-state index is 0.0444. The van der Waals surface area contributed by atoms with Crippen molar-refractivity contribution < 1.29 is 4.79 Å². The van der Waals surface area contributed by atoms with Crippen LogP contribution in [0.3, 0.4) is 0 Å². The van der Waals surface area contributed by atoms with Crippen LogP contribution in [-0.4, -0.2) is 21.1 Å². The molecule has 5 nitrogen and oxygen atoms in total. The number of nitrogens with zero attached hydrogens (tertiary/aromatic N) is 2. The number of amides is 1. The highest BCUT2D eigenvalue weighted by Crippen LogP contribution is 2.26. The van der Waals surface area contributed by atoms with Crippen LogP contribution in [0.15, 0.2) is 29.4 Å². The van der Waals surface area contributed by atoms with Crippen LogP contribution in [0.25, 0.3) is 0 Å². The lowest BCUT2D eigenvalue weighted by Crippen LogP contribution is -2.20. The summed E-state index contributed by atoms with van der Waals surface area (Å²) in [6.07, 6.45) is 4.21. The Morgan fingerprint density at radius 1 is 1.32 bits per heavy atom. The topological polar surface area (TPSA) is 70.7 Å². The van der Waals surface area contributed by atoms with E-state index in [1.165, 1.54) is 11.8 Å². The van der Waals surface area contributed by atoms with Crippen LogP contribution in [0.5, 0.6) is 0 Å².